The molecule has 1 aromatic heterocycles. The quantitative estimate of drug-likeness (QED) is 0.876. The molecule has 1 aromatic carbocycles. The number of esters is 1. The van der Waals surface area contributed by atoms with Crippen molar-refractivity contribution in [2.24, 2.45) is 0 Å². The van der Waals surface area contributed by atoms with Crippen molar-refractivity contribution in [2.45, 2.75) is 13.0 Å². The Bertz CT molecular complexity index is 622. The van der Waals surface area contributed by atoms with Crippen molar-refractivity contribution >= 4 is 23.0 Å². The lowest BCUT2D eigenvalue weighted by atomic mass is 10.2. The van der Waals surface area contributed by atoms with Gasteiger partial charge in [0.1, 0.15) is 17.2 Å². The molecule has 0 amide bonds. The maximum atomic E-state index is 12.0. The maximum Gasteiger partial charge on any atom is 0.573 e. The second-order valence-corrected chi connectivity index (χ2v) is 4.89. The zero-order valence-corrected chi connectivity index (χ0v) is 11.3. The van der Waals surface area contributed by atoms with Crippen LogP contribution < -0.4 is 10.5 Å². The highest BCUT2D eigenvalue weighted by Gasteiger charge is 2.30. The van der Waals surface area contributed by atoms with Gasteiger partial charge >= 0.3 is 12.3 Å². The summed E-state index contributed by atoms with van der Waals surface area (Å²) in [6.45, 7) is -0.0670. The molecule has 2 rings (SSSR count). The summed E-state index contributed by atoms with van der Waals surface area (Å²) in [7, 11) is 0. The molecule has 0 fully saturated rings. The molecule has 0 unspecified atom stereocenters. The molecule has 0 bridgehead atoms. The highest BCUT2D eigenvalue weighted by atomic mass is 32.1. The Morgan fingerprint density at radius 2 is 1.86 bits per heavy atom. The van der Waals surface area contributed by atoms with Crippen LogP contribution in [0.2, 0.25) is 0 Å². The van der Waals surface area contributed by atoms with Gasteiger partial charge < -0.3 is 15.2 Å². The predicted molar refractivity (Wildman–Crippen MR) is 71.0 cm³/mol. The SMILES string of the molecule is Nc1ccsc1C(=O)OCc1ccc(OC(F)(F)F)cc1. The number of alkyl halides is 3. The van der Waals surface area contributed by atoms with Crippen LogP contribution >= 0.6 is 11.3 Å². The van der Waals surface area contributed by atoms with Crippen LogP contribution in [0.15, 0.2) is 35.7 Å². The van der Waals surface area contributed by atoms with Crippen LogP contribution in [-0.4, -0.2) is 12.3 Å². The molecule has 1 heterocycles. The summed E-state index contributed by atoms with van der Waals surface area (Å²) >= 11 is 1.16. The minimum absolute atomic E-state index is 0.0670. The Labute approximate surface area is 121 Å². The molecule has 112 valence electrons. The van der Waals surface area contributed by atoms with Gasteiger partial charge in [-0.05, 0) is 29.1 Å². The first-order chi connectivity index (χ1) is 9.85. The lowest BCUT2D eigenvalue weighted by Gasteiger charge is -2.09. The minimum Gasteiger partial charge on any atom is -0.457 e. The second kappa shape index (κ2) is 6.04. The molecule has 0 radical (unpaired) electrons. The van der Waals surface area contributed by atoms with E-state index in [1.165, 1.54) is 12.1 Å². The standard InChI is InChI=1S/C13H10F3NO3S/c14-13(15,16)20-9-3-1-8(2-4-9)7-19-12(18)11-10(17)5-6-21-11/h1-6H,7,17H2. The second-order valence-electron chi connectivity index (χ2n) is 3.97. The van der Waals surface area contributed by atoms with Gasteiger partial charge in [0, 0.05) is 0 Å². The first-order valence-corrected chi connectivity index (χ1v) is 6.58. The molecular weight excluding hydrogens is 307 g/mol. The molecule has 21 heavy (non-hydrogen) atoms. The van der Waals surface area contributed by atoms with Gasteiger partial charge in [-0.2, -0.15) is 0 Å². The number of hydrogen-bond donors (Lipinski definition) is 1. The van der Waals surface area contributed by atoms with Crippen LogP contribution in [0.4, 0.5) is 18.9 Å². The molecule has 4 nitrogen and oxygen atoms in total. The van der Waals surface area contributed by atoms with Gasteiger partial charge in [-0.25, -0.2) is 4.79 Å². The van der Waals surface area contributed by atoms with E-state index in [0.717, 1.165) is 23.5 Å². The van der Waals surface area contributed by atoms with Gasteiger partial charge in [0.05, 0.1) is 5.69 Å². The number of thiophene rings is 1. The molecule has 2 N–H and O–H groups in total. The van der Waals surface area contributed by atoms with Crippen molar-refractivity contribution in [3.63, 3.8) is 0 Å². The van der Waals surface area contributed by atoms with Crippen LogP contribution in [0.3, 0.4) is 0 Å². The van der Waals surface area contributed by atoms with E-state index >= 15 is 0 Å². The molecular formula is C13H10F3NO3S. The van der Waals surface area contributed by atoms with Crippen LogP contribution in [0.5, 0.6) is 5.75 Å². The van der Waals surface area contributed by atoms with Crippen molar-refractivity contribution < 1.29 is 27.4 Å². The molecule has 0 aliphatic heterocycles. The topological polar surface area (TPSA) is 61.6 Å². The van der Waals surface area contributed by atoms with E-state index in [2.05, 4.69) is 4.74 Å². The molecule has 0 aliphatic carbocycles. The van der Waals surface area contributed by atoms with Gasteiger partial charge in [0.25, 0.3) is 0 Å². The Morgan fingerprint density at radius 1 is 1.19 bits per heavy atom. The third-order valence-corrected chi connectivity index (χ3v) is 3.32. The van der Waals surface area contributed by atoms with E-state index in [-0.39, 0.29) is 12.4 Å². The molecule has 2 aromatic rings. The predicted octanol–water partition coefficient (Wildman–Crippen LogP) is 3.59. The van der Waals surface area contributed by atoms with E-state index in [1.807, 2.05) is 0 Å². The number of hydrogen-bond acceptors (Lipinski definition) is 5. The van der Waals surface area contributed by atoms with Gasteiger partial charge in [-0.3, -0.25) is 0 Å². The van der Waals surface area contributed by atoms with E-state index in [1.54, 1.807) is 11.4 Å². The maximum absolute atomic E-state index is 12.0. The highest BCUT2D eigenvalue weighted by Crippen LogP contribution is 2.23. The van der Waals surface area contributed by atoms with Crippen LogP contribution in [0.25, 0.3) is 0 Å². The molecule has 0 atom stereocenters. The van der Waals surface area contributed by atoms with Gasteiger partial charge in [0.15, 0.2) is 0 Å². The Hall–Kier alpha value is -2.22. The number of anilines is 1. The number of nitrogens with two attached hydrogens (primary N) is 1. The summed E-state index contributed by atoms with van der Waals surface area (Å²) < 4.78 is 44.7. The zero-order chi connectivity index (χ0) is 15.5. The lowest BCUT2D eigenvalue weighted by Crippen LogP contribution is -2.17. The zero-order valence-electron chi connectivity index (χ0n) is 10.5. The van der Waals surface area contributed by atoms with E-state index in [9.17, 15) is 18.0 Å². The van der Waals surface area contributed by atoms with E-state index in [4.69, 9.17) is 10.5 Å². The van der Waals surface area contributed by atoms with Gasteiger partial charge in [0.2, 0.25) is 0 Å². The third-order valence-electron chi connectivity index (χ3n) is 2.41. The highest BCUT2D eigenvalue weighted by molar-refractivity contribution is 7.12. The largest absolute Gasteiger partial charge is 0.573 e. The summed E-state index contributed by atoms with van der Waals surface area (Å²) in [6, 6.07) is 6.65. The van der Waals surface area contributed by atoms with Crippen LogP contribution in [0.1, 0.15) is 15.2 Å². The van der Waals surface area contributed by atoms with Crippen molar-refractivity contribution in [1.29, 1.82) is 0 Å². The Morgan fingerprint density at radius 3 is 2.38 bits per heavy atom. The van der Waals surface area contributed by atoms with Gasteiger partial charge in [-0.15, -0.1) is 24.5 Å². The normalized spacial score (nSPS) is 11.2. The molecule has 0 saturated carbocycles. The van der Waals surface area contributed by atoms with Crippen molar-refractivity contribution in [1.82, 2.24) is 0 Å². The summed E-state index contributed by atoms with van der Waals surface area (Å²) in [5, 5.41) is 1.66. The first kappa shape index (κ1) is 15.2. The summed E-state index contributed by atoms with van der Waals surface area (Å²) in [4.78, 5) is 12.0. The van der Waals surface area contributed by atoms with Crippen LogP contribution in [-0.2, 0) is 11.3 Å². The fraction of sp³-hybridized carbons (Fsp3) is 0.154. The Kier molecular flexibility index (Phi) is 4.37. The van der Waals surface area contributed by atoms with Crippen molar-refractivity contribution in [3.05, 3.63) is 46.2 Å². The third kappa shape index (κ3) is 4.38. The molecule has 0 saturated heterocycles. The fourth-order valence-corrected chi connectivity index (χ4v) is 2.20. The van der Waals surface area contributed by atoms with E-state index < -0.39 is 12.3 Å². The molecule has 0 spiro atoms. The number of nitrogen functional groups attached to an aromatic ring is 1. The molecule has 0 aliphatic rings. The monoisotopic (exact) mass is 317 g/mol. The Balaban J connectivity index is 1.92. The summed E-state index contributed by atoms with van der Waals surface area (Å²) in [5.41, 5.74) is 6.44. The summed E-state index contributed by atoms with van der Waals surface area (Å²) in [6.07, 6.45) is -4.73. The number of rotatable bonds is 4. The average Bonchev–Trinajstić information content (AvgIpc) is 2.82. The first-order valence-electron chi connectivity index (χ1n) is 5.70. The number of carbonyl (C=O) groups excluding carboxylic acids is 1. The van der Waals surface area contributed by atoms with Gasteiger partial charge in [-0.1, -0.05) is 12.1 Å². The molecule has 8 heteroatoms. The van der Waals surface area contributed by atoms with Crippen molar-refractivity contribution in [2.75, 3.05) is 5.73 Å². The summed E-state index contributed by atoms with van der Waals surface area (Å²) in [5.74, 6) is -0.904. The van der Waals surface area contributed by atoms with Crippen LogP contribution in [0, 0.1) is 0 Å². The number of benzene rings is 1. The number of ether oxygens (including phenoxy) is 2. The number of halogens is 3. The fourth-order valence-electron chi connectivity index (χ4n) is 1.49. The van der Waals surface area contributed by atoms with Crippen molar-refractivity contribution in [3.8, 4) is 5.75 Å². The average molecular weight is 317 g/mol. The van der Waals surface area contributed by atoms with E-state index in [0.29, 0.717) is 16.1 Å². The smallest absolute Gasteiger partial charge is 0.457 e. The minimum atomic E-state index is -4.73. The number of carbonyl (C=O) groups is 1. The lowest BCUT2D eigenvalue weighted by molar-refractivity contribution is -0.274.